The monoisotopic (exact) mass is 426 g/mol. The molecule has 0 fully saturated rings. The Morgan fingerprint density at radius 3 is 2.69 bits per heavy atom. The van der Waals surface area contributed by atoms with Crippen molar-refractivity contribution >= 4 is 42.4 Å². The van der Waals surface area contributed by atoms with E-state index in [0.717, 1.165) is 16.5 Å². The third-order valence-corrected chi connectivity index (χ3v) is 6.55. The van der Waals surface area contributed by atoms with Crippen molar-refractivity contribution in [1.82, 2.24) is 14.8 Å². The molecule has 0 saturated heterocycles. The van der Waals surface area contributed by atoms with E-state index in [1.165, 1.54) is 23.5 Å². The Morgan fingerprint density at radius 1 is 1.14 bits per heavy atom. The number of carbonyl (C=O) groups excluding carboxylic acids is 1. The summed E-state index contributed by atoms with van der Waals surface area (Å²) in [5.74, 6) is -0.304. The number of sulfone groups is 1. The molecule has 148 valence electrons. The van der Waals surface area contributed by atoms with E-state index in [0.29, 0.717) is 23.8 Å². The number of anilines is 1. The van der Waals surface area contributed by atoms with Gasteiger partial charge in [0, 0.05) is 30.8 Å². The largest absolute Gasteiger partial charge is 0.282 e. The zero-order valence-corrected chi connectivity index (χ0v) is 17.2. The van der Waals surface area contributed by atoms with Gasteiger partial charge in [-0.05, 0) is 36.4 Å². The molecule has 0 saturated carbocycles. The van der Waals surface area contributed by atoms with E-state index in [2.05, 4.69) is 10.1 Å². The highest BCUT2D eigenvalue weighted by atomic mass is 32.2. The summed E-state index contributed by atoms with van der Waals surface area (Å²) in [5, 5.41) is 4.75. The highest BCUT2D eigenvalue weighted by Crippen LogP contribution is 2.29. The summed E-state index contributed by atoms with van der Waals surface area (Å²) < 4.78 is 26.5. The number of amides is 1. The van der Waals surface area contributed by atoms with E-state index in [9.17, 15) is 13.2 Å². The average molecular weight is 427 g/mol. The van der Waals surface area contributed by atoms with Gasteiger partial charge in [0.1, 0.15) is 0 Å². The van der Waals surface area contributed by atoms with E-state index in [-0.39, 0.29) is 10.8 Å². The predicted octanol–water partition coefficient (Wildman–Crippen LogP) is 3.24. The number of hydrogen-bond donors (Lipinski definition) is 0. The van der Waals surface area contributed by atoms with Crippen molar-refractivity contribution in [2.75, 3.05) is 17.7 Å². The van der Waals surface area contributed by atoms with E-state index in [4.69, 9.17) is 0 Å². The summed E-state index contributed by atoms with van der Waals surface area (Å²) in [6, 6.07) is 15.6. The highest BCUT2D eigenvalue weighted by molar-refractivity contribution is 7.90. The average Bonchev–Trinajstić information content (AvgIpc) is 3.37. The number of fused-ring (bicyclic) bond motifs is 1. The van der Waals surface area contributed by atoms with Crippen LogP contribution in [0.25, 0.3) is 10.2 Å². The molecule has 1 amide bonds. The second kappa shape index (κ2) is 7.76. The third-order valence-electron chi connectivity index (χ3n) is 4.38. The van der Waals surface area contributed by atoms with E-state index in [1.54, 1.807) is 27.9 Å². The van der Waals surface area contributed by atoms with Gasteiger partial charge in [0.05, 0.1) is 21.7 Å². The van der Waals surface area contributed by atoms with Crippen LogP contribution in [0.5, 0.6) is 0 Å². The number of rotatable bonds is 6. The second-order valence-corrected chi connectivity index (χ2v) is 9.51. The lowest BCUT2D eigenvalue weighted by molar-refractivity contribution is 0.0985. The van der Waals surface area contributed by atoms with Gasteiger partial charge in [0.2, 0.25) is 0 Å². The molecule has 0 spiro atoms. The third kappa shape index (κ3) is 4.20. The number of benzene rings is 2. The SMILES string of the molecule is CS(=O)(=O)c1cccc(C(=O)N(CCn2cccn2)c2nc3ccccc3s2)c1. The molecule has 0 unspecified atom stereocenters. The van der Waals surface area contributed by atoms with Crippen molar-refractivity contribution < 1.29 is 13.2 Å². The Hall–Kier alpha value is -3.04. The molecule has 0 atom stereocenters. The molecule has 0 radical (unpaired) electrons. The molecule has 7 nitrogen and oxygen atoms in total. The van der Waals surface area contributed by atoms with Crippen molar-refractivity contribution in [2.24, 2.45) is 0 Å². The summed E-state index contributed by atoms with van der Waals surface area (Å²) in [4.78, 5) is 19.6. The Bertz CT molecular complexity index is 1230. The molecular weight excluding hydrogens is 408 g/mol. The number of thiazole rings is 1. The summed E-state index contributed by atoms with van der Waals surface area (Å²) in [7, 11) is -3.42. The van der Waals surface area contributed by atoms with Gasteiger partial charge < -0.3 is 0 Å². The quantitative estimate of drug-likeness (QED) is 0.472. The maximum absolute atomic E-state index is 13.3. The van der Waals surface area contributed by atoms with Crippen LogP contribution in [0, 0.1) is 0 Å². The molecule has 4 rings (SSSR count). The highest BCUT2D eigenvalue weighted by Gasteiger charge is 2.22. The second-order valence-electron chi connectivity index (χ2n) is 6.49. The Labute approximate surface area is 172 Å². The first-order valence-corrected chi connectivity index (χ1v) is 11.6. The van der Waals surface area contributed by atoms with Crippen LogP contribution in [-0.2, 0) is 16.4 Å². The van der Waals surface area contributed by atoms with Gasteiger partial charge in [0.25, 0.3) is 5.91 Å². The van der Waals surface area contributed by atoms with Crippen molar-refractivity contribution in [3.8, 4) is 0 Å². The Balaban J connectivity index is 1.72. The normalized spacial score (nSPS) is 11.6. The molecule has 4 aromatic rings. The summed E-state index contributed by atoms with van der Waals surface area (Å²) in [6.45, 7) is 0.837. The minimum atomic E-state index is -3.42. The lowest BCUT2D eigenvalue weighted by Gasteiger charge is -2.20. The minimum Gasteiger partial charge on any atom is -0.282 e. The van der Waals surface area contributed by atoms with Crippen molar-refractivity contribution in [1.29, 1.82) is 0 Å². The van der Waals surface area contributed by atoms with Crippen LogP contribution in [0.15, 0.2) is 71.9 Å². The fraction of sp³-hybridized carbons (Fsp3) is 0.150. The van der Waals surface area contributed by atoms with Gasteiger partial charge in [-0.2, -0.15) is 5.10 Å². The molecule has 0 aliphatic carbocycles. The van der Waals surface area contributed by atoms with Gasteiger partial charge in [-0.3, -0.25) is 14.4 Å². The van der Waals surface area contributed by atoms with Gasteiger partial charge in [-0.25, -0.2) is 13.4 Å². The molecule has 2 aromatic heterocycles. The smallest absolute Gasteiger partial charge is 0.260 e. The number of carbonyl (C=O) groups is 1. The van der Waals surface area contributed by atoms with Crippen LogP contribution in [0.1, 0.15) is 10.4 Å². The number of nitrogens with zero attached hydrogens (tertiary/aromatic N) is 4. The van der Waals surface area contributed by atoms with Crippen LogP contribution in [0.4, 0.5) is 5.13 Å². The van der Waals surface area contributed by atoms with Crippen LogP contribution in [-0.4, -0.2) is 41.9 Å². The first-order valence-electron chi connectivity index (χ1n) is 8.87. The first-order chi connectivity index (χ1) is 13.9. The van der Waals surface area contributed by atoms with E-state index in [1.807, 2.05) is 36.5 Å². The Morgan fingerprint density at radius 2 is 1.97 bits per heavy atom. The molecule has 9 heteroatoms. The maximum atomic E-state index is 13.3. The molecule has 29 heavy (non-hydrogen) atoms. The number of aromatic nitrogens is 3. The van der Waals surface area contributed by atoms with E-state index < -0.39 is 9.84 Å². The van der Waals surface area contributed by atoms with Gasteiger partial charge >= 0.3 is 0 Å². The standard InChI is InChI=1S/C20H18N4O3S2/c1-29(26,27)16-7-4-6-15(14-16)19(25)24(13-12-23-11-5-10-21-23)20-22-17-8-2-3-9-18(17)28-20/h2-11,14H,12-13H2,1H3. The molecule has 2 heterocycles. The summed E-state index contributed by atoms with van der Waals surface area (Å²) in [6.07, 6.45) is 4.63. The molecule has 2 aromatic carbocycles. The lowest BCUT2D eigenvalue weighted by Crippen LogP contribution is -2.34. The first kappa shape index (κ1) is 19.3. The number of hydrogen-bond acceptors (Lipinski definition) is 6. The fourth-order valence-electron chi connectivity index (χ4n) is 2.91. The molecule has 0 aliphatic rings. The van der Waals surface area contributed by atoms with Crippen molar-refractivity contribution in [3.05, 3.63) is 72.6 Å². The lowest BCUT2D eigenvalue weighted by atomic mass is 10.2. The van der Waals surface area contributed by atoms with Gasteiger partial charge in [-0.15, -0.1) is 0 Å². The van der Waals surface area contributed by atoms with Crippen LogP contribution in [0.2, 0.25) is 0 Å². The molecular formula is C20H18N4O3S2. The molecule has 0 aliphatic heterocycles. The van der Waals surface area contributed by atoms with Crippen molar-refractivity contribution in [3.63, 3.8) is 0 Å². The van der Waals surface area contributed by atoms with Crippen LogP contribution < -0.4 is 4.90 Å². The van der Waals surface area contributed by atoms with Crippen LogP contribution in [0.3, 0.4) is 0 Å². The molecule has 0 N–H and O–H groups in total. The van der Waals surface area contributed by atoms with Gasteiger partial charge in [0.15, 0.2) is 15.0 Å². The van der Waals surface area contributed by atoms with Crippen molar-refractivity contribution in [2.45, 2.75) is 11.4 Å². The topological polar surface area (TPSA) is 85.2 Å². The van der Waals surface area contributed by atoms with Gasteiger partial charge in [-0.1, -0.05) is 29.5 Å². The maximum Gasteiger partial charge on any atom is 0.260 e. The molecule has 0 bridgehead atoms. The summed E-state index contributed by atoms with van der Waals surface area (Å²) >= 11 is 1.42. The minimum absolute atomic E-state index is 0.111. The zero-order valence-electron chi connectivity index (χ0n) is 15.6. The Kier molecular flexibility index (Phi) is 5.16. The van der Waals surface area contributed by atoms with Crippen LogP contribution >= 0.6 is 11.3 Å². The summed E-state index contributed by atoms with van der Waals surface area (Å²) in [5.41, 5.74) is 1.11. The van der Waals surface area contributed by atoms with E-state index >= 15 is 0 Å². The zero-order chi connectivity index (χ0) is 20.4. The predicted molar refractivity (Wildman–Crippen MR) is 113 cm³/mol. The fourth-order valence-corrected chi connectivity index (χ4v) is 4.57. The number of para-hydroxylation sites is 1.